The number of hydrogen-bond donors (Lipinski definition) is 0. The van der Waals surface area contributed by atoms with Crippen LogP contribution in [0.3, 0.4) is 0 Å². The first-order valence-corrected chi connectivity index (χ1v) is 7.86. The molecule has 0 fully saturated rings. The second-order valence-electron chi connectivity index (χ2n) is 5.30. The number of thiophene rings is 1. The molecule has 1 unspecified atom stereocenters. The first kappa shape index (κ1) is 15.6. The molecule has 2 aromatic rings. The van der Waals surface area contributed by atoms with Crippen molar-refractivity contribution >= 4 is 17.2 Å². The minimum Gasteiger partial charge on any atom is -0.481 e. The van der Waals surface area contributed by atoms with Crippen LogP contribution in [0.1, 0.15) is 22.9 Å². The zero-order chi connectivity index (χ0) is 15.4. The molecule has 4 heteroatoms. The molecule has 21 heavy (non-hydrogen) atoms. The highest BCUT2D eigenvalue weighted by Gasteiger charge is 2.20. The molecule has 1 aromatic heterocycles. The molecule has 0 spiro atoms. The second kappa shape index (κ2) is 6.76. The van der Waals surface area contributed by atoms with E-state index in [-0.39, 0.29) is 5.91 Å². The maximum Gasteiger partial charge on any atom is 0.263 e. The quantitative estimate of drug-likeness (QED) is 0.841. The van der Waals surface area contributed by atoms with Gasteiger partial charge in [-0.15, -0.1) is 11.3 Å². The summed E-state index contributed by atoms with van der Waals surface area (Å²) in [5, 5.41) is 2.05. The minimum absolute atomic E-state index is 0.00990. The van der Waals surface area contributed by atoms with E-state index in [0.717, 1.165) is 11.3 Å². The van der Waals surface area contributed by atoms with Crippen LogP contribution in [0.4, 0.5) is 0 Å². The van der Waals surface area contributed by atoms with Gasteiger partial charge < -0.3 is 9.64 Å². The summed E-state index contributed by atoms with van der Waals surface area (Å²) in [4.78, 5) is 15.3. The highest BCUT2D eigenvalue weighted by atomic mass is 32.1. The number of hydrogen-bond acceptors (Lipinski definition) is 3. The number of aryl methyl sites for hydroxylation is 2. The monoisotopic (exact) mass is 303 g/mol. The van der Waals surface area contributed by atoms with Crippen molar-refractivity contribution in [3.05, 3.63) is 51.7 Å². The Morgan fingerprint density at radius 2 is 2.10 bits per heavy atom. The SMILES string of the molecule is Cc1cccc(OC(C)C(=O)N(C)Cc2sccc2C)c1. The van der Waals surface area contributed by atoms with Gasteiger partial charge in [0.25, 0.3) is 5.91 Å². The molecule has 3 nitrogen and oxygen atoms in total. The number of carbonyl (C=O) groups is 1. The summed E-state index contributed by atoms with van der Waals surface area (Å²) in [5.41, 5.74) is 2.35. The molecular weight excluding hydrogens is 282 g/mol. The van der Waals surface area contributed by atoms with E-state index in [9.17, 15) is 4.79 Å². The van der Waals surface area contributed by atoms with Crippen LogP contribution in [0.25, 0.3) is 0 Å². The van der Waals surface area contributed by atoms with E-state index in [1.807, 2.05) is 38.2 Å². The van der Waals surface area contributed by atoms with Gasteiger partial charge in [-0.1, -0.05) is 12.1 Å². The first-order chi connectivity index (χ1) is 9.97. The van der Waals surface area contributed by atoms with Gasteiger partial charge in [0, 0.05) is 11.9 Å². The van der Waals surface area contributed by atoms with E-state index < -0.39 is 6.10 Å². The Morgan fingerprint density at radius 1 is 1.33 bits per heavy atom. The van der Waals surface area contributed by atoms with Crippen LogP contribution in [-0.4, -0.2) is 24.0 Å². The zero-order valence-corrected chi connectivity index (χ0v) is 13.7. The second-order valence-corrected chi connectivity index (χ2v) is 6.30. The van der Waals surface area contributed by atoms with Gasteiger partial charge in [-0.3, -0.25) is 4.79 Å². The Labute approximate surface area is 130 Å². The molecule has 0 aliphatic carbocycles. The predicted octanol–water partition coefficient (Wildman–Crippen LogP) is 3.79. The number of benzene rings is 1. The third kappa shape index (κ3) is 4.08. The van der Waals surface area contributed by atoms with Gasteiger partial charge in [-0.05, 0) is 55.5 Å². The summed E-state index contributed by atoms with van der Waals surface area (Å²) < 4.78 is 5.74. The fourth-order valence-corrected chi connectivity index (χ4v) is 3.07. The molecule has 0 aliphatic heterocycles. The van der Waals surface area contributed by atoms with Crippen molar-refractivity contribution in [3.63, 3.8) is 0 Å². The van der Waals surface area contributed by atoms with Crippen LogP contribution in [0.15, 0.2) is 35.7 Å². The van der Waals surface area contributed by atoms with Gasteiger partial charge in [0.05, 0.1) is 6.54 Å². The highest BCUT2D eigenvalue weighted by Crippen LogP contribution is 2.19. The van der Waals surface area contributed by atoms with E-state index in [1.54, 1.807) is 23.2 Å². The topological polar surface area (TPSA) is 29.5 Å². The van der Waals surface area contributed by atoms with Gasteiger partial charge in [0.1, 0.15) is 5.75 Å². The van der Waals surface area contributed by atoms with E-state index >= 15 is 0 Å². The molecule has 1 aromatic carbocycles. The van der Waals surface area contributed by atoms with Crippen molar-refractivity contribution in [2.45, 2.75) is 33.4 Å². The van der Waals surface area contributed by atoms with Crippen molar-refractivity contribution < 1.29 is 9.53 Å². The number of rotatable bonds is 5. The molecule has 0 N–H and O–H groups in total. The first-order valence-electron chi connectivity index (χ1n) is 6.98. The Hall–Kier alpha value is -1.81. The van der Waals surface area contributed by atoms with E-state index in [2.05, 4.69) is 18.4 Å². The lowest BCUT2D eigenvalue weighted by molar-refractivity contribution is -0.137. The van der Waals surface area contributed by atoms with E-state index in [1.165, 1.54) is 10.4 Å². The maximum absolute atomic E-state index is 12.4. The standard InChI is InChI=1S/C17H21NO2S/c1-12-6-5-7-15(10-12)20-14(3)17(19)18(4)11-16-13(2)8-9-21-16/h5-10,14H,11H2,1-4H3. The number of likely N-dealkylation sites (N-methyl/N-ethyl adjacent to an activating group) is 1. The van der Waals surface area contributed by atoms with Gasteiger partial charge >= 0.3 is 0 Å². The Morgan fingerprint density at radius 3 is 2.71 bits per heavy atom. The summed E-state index contributed by atoms with van der Waals surface area (Å²) >= 11 is 1.68. The lowest BCUT2D eigenvalue weighted by Gasteiger charge is -2.22. The van der Waals surface area contributed by atoms with Crippen LogP contribution < -0.4 is 4.74 Å². The highest BCUT2D eigenvalue weighted by molar-refractivity contribution is 7.10. The van der Waals surface area contributed by atoms with Gasteiger partial charge in [0.15, 0.2) is 6.10 Å². The normalized spacial score (nSPS) is 12.0. The summed E-state index contributed by atoms with van der Waals surface area (Å²) in [5.74, 6) is 0.723. The Kier molecular flexibility index (Phi) is 5.02. The Balaban J connectivity index is 1.97. The van der Waals surface area contributed by atoms with Crippen LogP contribution in [0, 0.1) is 13.8 Å². The van der Waals surface area contributed by atoms with E-state index in [4.69, 9.17) is 4.74 Å². The molecule has 2 rings (SSSR count). The predicted molar refractivity (Wildman–Crippen MR) is 86.8 cm³/mol. The number of carbonyl (C=O) groups excluding carboxylic acids is 1. The van der Waals surface area contributed by atoms with Gasteiger partial charge in [0.2, 0.25) is 0 Å². The molecule has 0 saturated heterocycles. The fraction of sp³-hybridized carbons (Fsp3) is 0.353. The van der Waals surface area contributed by atoms with Gasteiger partial charge in [-0.2, -0.15) is 0 Å². The molecule has 112 valence electrons. The molecule has 1 atom stereocenters. The Bertz CT molecular complexity index is 621. The zero-order valence-electron chi connectivity index (χ0n) is 12.9. The molecule has 1 heterocycles. The van der Waals surface area contributed by atoms with Crippen LogP contribution in [0.5, 0.6) is 5.75 Å². The largest absolute Gasteiger partial charge is 0.481 e. The number of amides is 1. The smallest absolute Gasteiger partial charge is 0.263 e. The summed E-state index contributed by atoms with van der Waals surface area (Å²) in [6, 6.07) is 9.82. The number of nitrogens with zero attached hydrogens (tertiary/aromatic N) is 1. The van der Waals surface area contributed by atoms with Crippen molar-refractivity contribution in [2.24, 2.45) is 0 Å². The molecule has 1 amide bonds. The van der Waals surface area contributed by atoms with Crippen molar-refractivity contribution in [2.75, 3.05) is 7.05 Å². The fourth-order valence-electron chi connectivity index (χ4n) is 2.11. The van der Waals surface area contributed by atoms with Crippen LogP contribution in [0.2, 0.25) is 0 Å². The summed E-state index contributed by atoms with van der Waals surface area (Å²) in [7, 11) is 1.82. The third-order valence-electron chi connectivity index (χ3n) is 3.38. The minimum atomic E-state index is -0.489. The summed E-state index contributed by atoms with van der Waals surface area (Å²) in [6.45, 7) is 6.49. The van der Waals surface area contributed by atoms with Crippen molar-refractivity contribution in [1.82, 2.24) is 4.90 Å². The molecule has 0 saturated carbocycles. The van der Waals surface area contributed by atoms with Gasteiger partial charge in [-0.25, -0.2) is 0 Å². The number of ether oxygens (including phenoxy) is 1. The molecule has 0 aliphatic rings. The lowest BCUT2D eigenvalue weighted by atomic mass is 10.2. The average Bonchev–Trinajstić information content (AvgIpc) is 2.83. The molecule has 0 bridgehead atoms. The third-order valence-corrected chi connectivity index (χ3v) is 4.38. The maximum atomic E-state index is 12.4. The average molecular weight is 303 g/mol. The van der Waals surface area contributed by atoms with Crippen LogP contribution in [-0.2, 0) is 11.3 Å². The van der Waals surface area contributed by atoms with Crippen molar-refractivity contribution in [3.8, 4) is 5.75 Å². The summed E-state index contributed by atoms with van der Waals surface area (Å²) in [6.07, 6.45) is -0.489. The molecule has 0 radical (unpaired) electrons. The lowest BCUT2D eigenvalue weighted by Crippen LogP contribution is -2.37. The van der Waals surface area contributed by atoms with Crippen LogP contribution >= 0.6 is 11.3 Å². The van der Waals surface area contributed by atoms with Crippen molar-refractivity contribution in [1.29, 1.82) is 0 Å². The molecular formula is C17H21NO2S. The van der Waals surface area contributed by atoms with E-state index in [0.29, 0.717) is 6.54 Å².